The molecule has 0 saturated carbocycles. The average molecular weight is 283 g/mol. The Kier molecular flexibility index (Phi) is 7.51. The van der Waals surface area contributed by atoms with E-state index in [9.17, 15) is 0 Å². The first-order valence-electron chi connectivity index (χ1n) is 7.02. The molecular weight excluding hydrogens is 258 g/mol. The largest absolute Gasteiger partial charge is 0.546 e. The first kappa shape index (κ1) is 16.0. The summed E-state index contributed by atoms with van der Waals surface area (Å²) in [7, 11) is -1.23. The minimum Gasteiger partial charge on any atom is -0.546 e. The van der Waals surface area contributed by atoms with Gasteiger partial charge >= 0.3 is 8.64 Å². The third-order valence-corrected chi connectivity index (χ3v) is 4.57. The Hall–Kier alpha value is -1.07. The fourth-order valence-corrected chi connectivity index (χ4v) is 3.71. The highest BCUT2D eigenvalue weighted by molar-refractivity contribution is 6.50. The molecule has 1 aromatic rings. The van der Waals surface area contributed by atoms with Gasteiger partial charge in [0.15, 0.2) is 11.1 Å². The van der Waals surface area contributed by atoms with E-state index in [1.165, 1.54) is 5.56 Å². The lowest BCUT2D eigenvalue weighted by Gasteiger charge is -2.18. The maximum Gasteiger partial charge on any atom is 0.312 e. The number of hydrogen-bond acceptors (Lipinski definition) is 4. The van der Waals surface area contributed by atoms with Crippen LogP contribution >= 0.6 is 0 Å². The molecule has 0 amide bonds. The van der Waals surface area contributed by atoms with Crippen LogP contribution in [-0.4, -0.2) is 35.0 Å². The van der Waals surface area contributed by atoms with E-state index in [0.29, 0.717) is 26.4 Å². The van der Waals surface area contributed by atoms with Crippen LogP contribution < -0.4 is 19.6 Å². The molecule has 5 heteroatoms. The molecule has 0 bridgehead atoms. The van der Waals surface area contributed by atoms with Gasteiger partial charge in [0.05, 0.1) is 19.8 Å². The second-order valence-electron chi connectivity index (χ2n) is 4.07. The minimum absolute atomic E-state index is 0.630. The molecule has 0 unspecified atom stereocenters. The first-order valence-corrected chi connectivity index (χ1v) is 8.51. The van der Waals surface area contributed by atoms with E-state index in [2.05, 4.69) is 11.7 Å². The van der Waals surface area contributed by atoms with Crippen LogP contribution in [0.15, 0.2) is 11.7 Å². The molecule has 108 valence electrons. The third-order valence-electron chi connectivity index (χ3n) is 2.68. The van der Waals surface area contributed by atoms with Crippen molar-refractivity contribution in [1.82, 2.24) is 0 Å². The van der Waals surface area contributed by atoms with Gasteiger partial charge in [-0.3, -0.25) is 0 Å². The van der Waals surface area contributed by atoms with Crippen molar-refractivity contribution in [3.05, 3.63) is 17.3 Å². The van der Waals surface area contributed by atoms with Crippen molar-refractivity contribution >= 4 is 8.64 Å². The Morgan fingerprint density at radius 2 is 1.84 bits per heavy atom. The van der Waals surface area contributed by atoms with Crippen molar-refractivity contribution < 1.29 is 13.9 Å². The third kappa shape index (κ3) is 4.51. The highest BCUT2D eigenvalue weighted by atomic mass is 28.3. The molecule has 4 nitrogen and oxygen atoms in total. The SMILES string of the molecule is CCOc1c(CCCN)cc[si](OCC)c1OCC. The second kappa shape index (κ2) is 8.93. The molecule has 0 atom stereocenters. The molecule has 0 aromatic carbocycles. The molecule has 1 aromatic heterocycles. The van der Waals surface area contributed by atoms with Crippen LogP contribution in [0, 0.1) is 0 Å². The molecule has 1 heterocycles. The van der Waals surface area contributed by atoms with Gasteiger partial charge in [-0.05, 0) is 51.4 Å². The number of ether oxygens (including phenoxy) is 2. The molecule has 0 radical (unpaired) electrons. The molecule has 0 fully saturated rings. The molecule has 0 aliphatic heterocycles. The molecule has 0 spiro atoms. The molecule has 0 aliphatic carbocycles. The quantitative estimate of drug-likeness (QED) is 0.703. The molecule has 1 rings (SSSR count). The summed E-state index contributed by atoms with van der Waals surface area (Å²) in [6.45, 7) is 8.61. The summed E-state index contributed by atoms with van der Waals surface area (Å²) in [4.78, 5) is 0. The van der Waals surface area contributed by atoms with Crippen molar-refractivity contribution in [3.8, 4) is 11.1 Å². The predicted octanol–water partition coefficient (Wildman–Crippen LogP) is 1.85. The summed E-state index contributed by atoms with van der Waals surface area (Å²) in [5, 5.41) is 0.894. The number of hydrogen-bond donors (Lipinski definition) is 1. The summed E-state index contributed by atoms with van der Waals surface area (Å²) in [6, 6.07) is 2.12. The van der Waals surface area contributed by atoms with Gasteiger partial charge in [-0.25, -0.2) is 0 Å². The van der Waals surface area contributed by atoms with E-state index in [0.717, 1.165) is 24.0 Å². The second-order valence-corrected chi connectivity index (χ2v) is 5.88. The Labute approximate surface area is 117 Å². The average Bonchev–Trinajstić information content (AvgIpc) is 2.42. The van der Waals surface area contributed by atoms with E-state index >= 15 is 0 Å². The normalized spacial score (nSPS) is 10.3. The fourth-order valence-electron chi connectivity index (χ4n) is 1.93. The summed E-state index contributed by atoms with van der Waals surface area (Å²) < 4.78 is 17.4. The molecule has 2 N–H and O–H groups in total. The zero-order chi connectivity index (χ0) is 14.1. The number of aryl methyl sites for hydroxylation is 1. The van der Waals surface area contributed by atoms with Gasteiger partial charge < -0.3 is 19.6 Å². The molecule has 0 saturated heterocycles. The predicted molar refractivity (Wildman–Crippen MR) is 79.2 cm³/mol. The number of nitrogens with two attached hydrogens (primary N) is 1. The van der Waals surface area contributed by atoms with Crippen molar-refractivity contribution in [2.75, 3.05) is 26.4 Å². The summed E-state index contributed by atoms with van der Waals surface area (Å²) >= 11 is 0. The van der Waals surface area contributed by atoms with Crippen LogP contribution in [0.25, 0.3) is 0 Å². The van der Waals surface area contributed by atoms with E-state index < -0.39 is 8.64 Å². The summed E-state index contributed by atoms with van der Waals surface area (Å²) in [6.07, 6.45) is 1.87. The van der Waals surface area contributed by atoms with E-state index in [1.54, 1.807) is 0 Å². The number of rotatable bonds is 9. The van der Waals surface area contributed by atoms with Crippen LogP contribution in [0.3, 0.4) is 0 Å². The summed E-state index contributed by atoms with van der Waals surface area (Å²) in [5.41, 5.74) is 8.89. The maximum absolute atomic E-state index is 5.81. The van der Waals surface area contributed by atoms with Gasteiger partial charge in [0.25, 0.3) is 0 Å². The zero-order valence-corrected chi connectivity index (χ0v) is 13.2. The van der Waals surface area contributed by atoms with Crippen molar-refractivity contribution in [3.63, 3.8) is 0 Å². The van der Waals surface area contributed by atoms with E-state index in [4.69, 9.17) is 19.6 Å². The lowest BCUT2D eigenvalue weighted by molar-refractivity contribution is 0.285. The lowest BCUT2D eigenvalue weighted by Crippen LogP contribution is -2.18. The highest BCUT2D eigenvalue weighted by Gasteiger charge is 2.18. The smallest absolute Gasteiger partial charge is 0.312 e. The van der Waals surface area contributed by atoms with Crippen LogP contribution in [0.4, 0.5) is 0 Å². The van der Waals surface area contributed by atoms with Gasteiger partial charge in [-0.2, -0.15) is 0 Å². The first-order chi connectivity index (χ1) is 9.28. The van der Waals surface area contributed by atoms with Crippen LogP contribution in [0.2, 0.25) is 0 Å². The highest BCUT2D eigenvalue weighted by Crippen LogP contribution is 2.31. The Balaban J connectivity index is 3.14. The van der Waals surface area contributed by atoms with Crippen molar-refractivity contribution in [1.29, 1.82) is 0 Å². The molecule has 19 heavy (non-hydrogen) atoms. The van der Waals surface area contributed by atoms with Gasteiger partial charge in [-0.1, -0.05) is 6.07 Å². The van der Waals surface area contributed by atoms with Crippen LogP contribution in [0.1, 0.15) is 32.8 Å². The monoisotopic (exact) mass is 283 g/mol. The van der Waals surface area contributed by atoms with Crippen molar-refractivity contribution in [2.45, 2.75) is 33.6 Å². The molecular formula is C14H25NO3Si. The van der Waals surface area contributed by atoms with E-state index in [1.807, 2.05) is 20.8 Å². The van der Waals surface area contributed by atoms with Gasteiger partial charge in [0, 0.05) is 0 Å². The fraction of sp³-hybridized carbons (Fsp3) is 0.643. The van der Waals surface area contributed by atoms with Crippen molar-refractivity contribution in [2.24, 2.45) is 5.73 Å². The van der Waals surface area contributed by atoms with Crippen LogP contribution in [0.5, 0.6) is 11.1 Å². The van der Waals surface area contributed by atoms with Gasteiger partial charge in [0.1, 0.15) is 0 Å². The zero-order valence-electron chi connectivity index (χ0n) is 12.2. The maximum atomic E-state index is 5.81. The van der Waals surface area contributed by atoms with Gasteiger partial charge in [0.2, 0.25) is 0 Å². The van der Waals surface area contributed by atoms with Crippen LogP contribution in [-0.2, 0) is 6.42 Å². The minimum atomic E-state index is -1.23. The summed E-state index contributed by atoms with van der Waals surface area (Å²) in [5.74, 6) is 0.877. The lowest BCUT2D eigenvalue weighted by atomic mass is 10.1. The van der Waals surface area contributed by atoms with Gasteiger partial charge in [-0.15, -0.1) is 0 Å². The Bertz CT molecular complexity index is 385. The Morgan fingerprint density at radius 1 is 1.11 bits per heavy atom. The standard InChI is InChI=1S/C14H25NO3Si/c1-4-16-13-12(8-7-10-15)9-11-19(18-6-3)14(13)17-5-2/h9,11H,4-8,10,15H2,1-3H3. The topological polar surface area (TPSA) is 53.7 Å². The van der Waals surface area contributed by atoms with E-state index in [-0.39, 0.29) is 0 Å². The Morgan fingerprint density at radius 3 is 2.42 bits per heavy atom. The molecule has 0 aliphatic rings.